The van der Waals surface area contributed by atoms with Crippen molar-refractivity contribution < 1.29 is 18.7 Å². The van der Waals surface area contributed by atoms with Crippen molar-refractivity contribution in [3.63, 3.8) is 0 Å². The Bertz CT molecular complexity index is 652. The average molecular weight is 349 g/mol. The average Bonchev–Trinajstić information content (AvgIpc) is 3.03. The van der Waals surface area contributed by atoms with Crippen molar-refractivity contribution in [2.24, 2.45) is 11.8 Å². The summed E-state index contributed by atoms with van der Waals surface area (Å²) in [6.45, 7) is 1.33. The van der Waals surface area contributed by atoms with Crippen LogP contribution in [0.15, 0.2) is 18.3 Å². The summed E-state index contributed by atoms with van der Waals surface area (Å²) in [6.07, 6.45) is 4.31. The van der Waals surface area contributed by atoms with E-state index in [1.165, 1.54) is 23.2 Å². The number of nitrogens with zero attached hydrogens (tertiary/aromatic N) is 3. The first kappa shape index (κ1) is 17.8. The van der Waals surface area contributed by atoms with E-state index in [4.69, 9.17) is 4.74 Å². The van der Waals surface area contributed by atoms with E-state index in [1.54, 1.807) is 19.0 Å². The number of amides is 2. The van der Waals surface area contributed by atoms with E-state index < -0.39 is 5.95 Å². The van der Waals surface area contributed by atoms with Crippen molar-refractivity contribution in [2.45, 2.75) is 25.4 Å². The summed E-state index contributed by atoms with van der Waals surface area (Å²) >= 11 is 0. The zero-order valence-electron chi connectivity index (χ0n) is 14.7. The highest BCUT2D eigenvalue weighted by Gasteiger charge is 2.42. The van der Waals surface area contributed by atoms with Gasteiger partial charge < -0.3 is 14.5 Å². The largest absolute Gasteiger partial charge is 0.368 e. The van der Waals surface area contributed by atoms with Gasteiger partial charge in [0.05, 0.1) is 6.10 Å². The molecular formula is C18H24FN3O3. The molecule has 0 spiro atoms. The number of carbonyl (C=O) groups is 2. The van der Waals surface area contributed by atoms with E-state index >= 15 is 0 Å². The van der Waals surface area contributed by atoms with Crippen LogP contribution in [0, 0.1) is 17.8 Å². The van der Waals surface area contributed by atoms with Crippen LogP contribution in [0.1, 0.15) is 29.6 Å². The fourth-order valence-electron chi connectivity index (χ4n) is 3.82. The van der Waals surface area contributed by atoms with Crippen LogP contribution in [0.5, 0.6) is 0 Å². The number of likely N-dealkylation sites (N-methyl/N-ethyl adjacent to an activating group) is 1. The Morgan fingerprint density at radius 3 is 2.88 bits per heavy atom. The minimum absolute atomic E-state index is 0.00498. The maximum Gasteiger partial charge on any atom is 0.254 e. The van der Waals surface area contributed by atoms with Gasteiger partial charge in [-0.2, -0.15) is 4.39 Å². The summed E-state index contributed by atoms with van der Waals surface area (Å²) in [5, 5.41) is 0. The first-order valence-corrected chi connectivity index (χ1v) is 8.68. The fraction of sp³-hybridized carbons (Fsp3) is 0.611. The number of carbonyl (C=O) groups excluding carboxylic acids is 2. The Kier molecular flexibility index (Phi) is 5.32. The number of rotatable bonds is 4. The zero-order chi connectivity index (χ0) is 18.0. The Labute approximate surface area is 147 Å². The van der Waals surface area contributed by atoms with Crippen LogP contribution in [0.2, 0.25) is 0 Å². The van der Waals surface area contributed by atoms with Crippen molar-refractivity contribution in [1.82, 2.24) is 14.8 Å². The molecule has 1 saturated carbocycles. The van der Waals surface area contributed by atoms with E-state index in [0.29, 0.717) is 24.6 Å². The summed E-state index contributed by atoms with van der Waals surface area (Å²) < 4.78 is 19.1. The van der Waals surface area contributed by atoms with Gasteiger partial charge in [-0.15, -0.1) is 0 Å². The molecular weight excluding hydrogens is 325 g/mol. The second kappa shape index (κ2) is 7.47. The molecule has 0 bridgehead atoms. The summed E-state index contributed by atoms with van der Waals surface area (Å²) in [4.78, 5) is 31.2. The highest BCUT2D eigenvalue weighted by molar-refractivity contribution is 5.94. The maximum atomic E-state index is 13.3. The van der Waals surface area contributed by atoms with Crippen LogP contribution in [0.4, 0.5) is 4.39 Å². The molecule has 2 fully saturated rings. The molecule has 25 heavy (non-hydrogen) atoms. The highest BCUT2D eigenvalue weighted by Crippen LogP contribution is 2.38. The van der Waals surface area contributed by atoms with Gasteiger partial charge >= 0.3 is 0 Å². The number of aromatic nitrogens is 1. The molecule has 136 valence electrons. The number of pyridine rings is 1. The number of fused-ring (bicyclic) bond motifs is 1. The van der Waals surface area contributed by atoms with Gasteiger partial charge in [-0.25, -0.2) is 4.98 Å². The topological polar surface area (TPSA) is 62.7 Å². The molecule has 1 aromatic rings. The normalized spacial score (nSPS) is 25.6. The van der Waals surface area contributed by atoms with Crippen LogP contribution in [-0.4, -0.2) is 66.5 Å². The number of hydrogen-bond donors (Lipinski definition) is 0. The quantitative estimate of drug-likeness (QED) is 0.774. The number of ether oxygens (including phenoxy) is 1. The first-order valence-electron chi connectivity index (χ1n) is 8.68. The lowest BCUT2D eigenvalue weighted by molar-refractivity contribution is -0.138. The van der Waals surface area contributed by atoms with E-state index in [-0.39, 0.29) is 30.4 Å². The van der Waals surface area contributed by atoms with Gasteiger partial charge in [0.15, 0.2) is 0 Å². The molecule has 3 atom stereocenters. The highest BCUT2D eigenvalue weighted by atomic mass is 19.1. The minimum Gasteiger partial charge on any atom is -0.368 e. The van der Waals surface area contributed by atoms with E-state index in [2.05, 4.69) is 4.98 Å². The van der Waals surface area contributed by atoms with Crippen LogP contribution in [0.3, 0.4) is 0 Å². The predicted octanol–water partition coefficient (Wildman–Crippen LogP) is 1.57. The van der Waals surface area contributed by atoms with Crippen LogP contribution in [-0.2, 0) is 9.53 Å². The zero-order valence-corrected chi connectivity index (χ0v) is 14.7. The molecule has 1 aromatic heterocycles. The van der Waals surface area contributed by atoms with Crippen molar-refractivity contribution in [1.29, 1.82) is 0 Å². The molecule has 0 N–H and O–H groups in total. The van der Waals surface area contributed by atoms with Crippen molar-refractivity contribution in [3.05, 3.63) is 29.8 Å². The van der Waals surface area contributed by atoms with Crippen molar-refractivity contribution in [2.75, 3.05) is 33.8 Å². The molecule has 1 saturated heterocycles. The number of halogens is 1. The maximum absolute atomic E-state index is 13.3. The molecule has 3 rings (SSSR count). The molecule has 2 heterocycles. The third-order valence-corrected chi connectivity index (χ3v) is 5.21. The summed E-state index contributed by atoms with van der Waals surface area (Å²) in [5.74, 6) is -0.256. The van der Waals surface area contributed by atoms with E-state index in [9.17, 15) is 14.0 Å². The van der Waals surface area contributed by atoms with E-state index in [0.717, 1.165) is 19.3 Å². The Morgan fingerprint density at radius 2 is 2.16 bits per heavy atom. The van der Waals surface area contributed by atoms with Gasteiger partial charge in [0, 0.05) is 50.9 Å². The second-order valence-electron chi connectivity index (χ2n) is 7.07. The van der Waals surface area contributed by atoms with Crippen LogP contribution < -0.4 is 0 Å². The van der Waals surface area contributed by atoms with E-state index in [1.807, 2.05) is 0 Å². The summed E-state index contributed by atoms with van der Waals surface area (Å²) in [7, 11) is 3.42. The van der Waals surface area contributed by atoms with Crippen LogP contribution >= 0.6 is 0 Å². The van der Waals surface area contributed by atoms with Crippen LogP contribution in [0.25, 0.3) is 0 Å². The standard InChI is InChI=1S/C18H24FN3O3/c1-21(2)17(23)11-25-15-5-3-4-13-9-22(10-14(13)15)18(24)12-6-7-20-16(19)8-12/h6-8,13-15H,3-5,9-11H2,1-2H3/t13-,14+,15?/m1/s1. The summed E-state index contributed by atoms with van der Waals surface area (Å²) in [6, 6.07) is 2.71. The second-order valence-corrected chi connectivity index (χ2v) is 7.07. The third-order valence-electron chi connectivity index (χ3n) is 5.21. The molecule has 6 nitrogen and oxygen atoms in total. The Morgan fingerprint density at radius 1 is 1.36 bits per heavy atom. The molecule has 0 aromatic carbocycles. The summed E-state index contributed by atoms with van der Waals surface area (Å²) in [5.41, 5.74) is 0.325. The lowest BCUT2D eigenvalue weighted by Crippen LogP contribution is -2.37. The molecule has 2 amide bonds. The molecule has 1 aliphatic heterocycles. The van der Waals surface area contributed by atoms with Gasteiger partial charge in [-0.3, -0.25) is 9.59 Å². The van der Waals surface area contributed by atoms with Gasteiger partial charge in [0.25, 0.3) is 5.91 Å². The molecule has 1 unspecified atom stereocenters. The fourth-order valence-corrected chi connectivity index (χ4v) is 3.82. The van der Waals surface area contributed by atoms with Crippen molar-refractivity contribution in [3.8, 4) is 0 Å². The molecule has 0 radical (unpaired) electrons. The van der Waals surface area contributed by atoms with Gasteiger partial charge in [-0.05, 0) is 24.8 Å². The Hall–Kier alpha value is -2.02. The lowest BCUT2D eigenvalue weighted by atomic mass is 9.79. The van der Waals surface area contributed by atoms with Gasteiger partial charge in [0.2, 0.25) is 11.9 Å². The minimum atomic E-state index is -0.647. The van der Waals surface area contributed by atoms with Crippen molar-refractivity contribution >= 4 is 11.8 Å². The molecule has 2 aliphatic rings. The Balaban J connectivity index is 1.64. The smallest absolute Gasteiger partial charge is 0.254 e. The monoisotopic (exact) mass is 349 g/mol. The van der Waals surface area contributed by atoms with Gasteiger partial charge in [0.1, 0.15) is 6.61 Å². The molecule has 1 aliphatic carbocycles. The third kappa shape index (κ3) is 3.98. The lowest BCUT2D eigenvalue weighted by Gasteiger charge is -2.32. The first-order chi connectivity index (χ1) is 12.0. The number of hydrogen-bond acceptors (Lipinski definition) is 4. The SMILES string of the molecule is CN(C)C(=O)COC1CCC[C@@H]2CN(C(=O)c3ccnc(F)c3)C[C@H]12. The predicted molar refractivity (Wildman–Crippen MR) is 89.4 cm³/mol. The van der Waals surface area contributed by atoms with Gasteiger partial charge in [-0.1, -0.05) is 6.42 Å². The molecule has 7 heteroatoms. The number of likely N-dealkylation sites (tertiary alicyclic amines) is 1.